The molecule has 5 rings (SSSR count). The number of aliphatic hydroxyl groups excluding tert-OH is 1. The van der Waals surface area contributed by atoms with Crippen LogP contribution in [0.1, 0.15) is 72.3 Å². The molecule has 142 valence electrons. The van der Waals surface area contributed by atoms with Crippen molar-refractivity contribution in [1.82, 2.24) is 0 Å². The Hall–Kier alpha value is -2.38. The summed E-state index contributed by atoms with van der Waals surface area (Å²) < 4.78 is 0. The van der Waals surface area contributed by atoms with E-state index in [-0.39, 0.29) is 6.61 Å². The quantitative estimate of drug-likeness (QED) is 0.633. The van der Waals surface area contributed by atoms with Crippen LogP contribution in [0.15, 0.2) is 60.7 Å². The summed E-state index contributed by atoms with van der Waals surface area (Å²) >= 11 is 0. The van der Waals surface area contributed by atoms with E-state index in [1.54, 1.807) is 0 Å². The molecule has 0 aliphatic heterocycles. The molecular formula is C27H28O. The SMILES string of the molecule is OCc1ccccc1C1=CCC(c2ccc3c(c2)C=CC3C2CCCCC2)=C1. The fraction of sp³-hybridized carbons (Fsp3) is 0.333. The van der Waals surface area contributed by atoms with Gasteiger partial charge < -0.3 is 5.11 Å². The van der Waals surface area contributed by atoms with E-state index in [0.717, 1.165) is 23.5 Å². The average Bonchev–Trinajstić information content (AvgIpc) is 3.41. The molecule has 0 heterocycles. The summed E-state index contributed by atoms with van der Waals surface area (Å²) in [5.74, 6) is 1.47. The molecule has 2 aromatic carbocycles. The van der Waals surface area contributed by atoms with Crippen LogP contribution in [0.4, 0.5) is 0 Å². The standard InChI is InChI=1S/C27H28O/c28-18-24-8-4-5-9-25(24)22-11-10-20(16-22)21-12-14-27-23(17-21)13-15-26(27)19-6-2-1-3-7-19/h4-5,8-9,11-17,19,26,28H,1-3,6-7,10,18H2. The lowest BCUT2D eigenvalue weighted by molar-refractivity contribution is 0.281. The van der Waals surface area contributed by atoms with Crippen molar-refractivity contribution >= 4 is 17.2 Å². The van der Waals surface area contributed by atoms with E-state index in [1.807, 2.05) is 18.2 Å². The topological polar surface area (TPSA) is 20.2 Å². The Labute approximate surface area is 168 Å². The Kier molecular flexibility index (Phi) is 4.78. The lowest BCUT2D eigenvalue weighted by atomic mass is 9.77. The van der Waals surface area contributed by atoms with Crippen LogP contribution < -0.4 is 0 Å². The van der Waals surface area contributed by atoms with Crippen molar-refractivity contribution in [3.05, 3.63) is 88.5 Å². The fourth-order valence-electron chi connectivity index (χ4n) is 5.29. The zero-order valence-electron chi connectivity index (χ0n) is 16.4. The lowest BCUT2D eigenvalue weighted by Crippen LogP contribution is -2.13. The van der Waals surface area contributed by atoms with Gasteiger partial charge in [0.2, 0.25) is 0 Å². The maximum atomic E-state index is 9.64. The Morgan fingerprint density at radius 1 is 0.964 bits per heavy atom. The van der Waals surface area contributed by atoms with E-state index in [2.05, 4.69) is 48.6 Å². The third-order valence-corrected chi connectivity index (χ3v) is 6.83. The van der Waals surface area contributed by atoms with Crippen LogP contribution in [-0.4, -0.2) is 5.11 Å². The van der Waals surface area contributed by atoms with Gasteiger partial charge >= 0.3 is 0 Å². The van der Waals surface area contributed by atoms with E-state index >= 15 is 0 Å². The molecule has 1 fully saturated rings. The minimum atomic E-state index is 0.0862. The van der Waals surface area contributed by atoms with Crippen LogP contribution in [0, 0.1) is 5.92 Å². The molecule has 3 aliphatic carbocycles. The lowest BCUT2D eigenvalue weighted by Gasteiger charge is -2.27. The summed E-state index contributed by atoms with van der Waals surface area (Å²) in [6, 6.07) is 15.2. The Morgan fingerprint density at radius 3 is 2.68 bits per heavy atom. The number of hydrogen-bond donors (Lipinski definition) is 1. The molecule has 1 saturated carbocycles. The van der Waals surface area contributed by atoms with Crippen LogP contribution >= 0.6 is 0 Å². The minimum Gasteiger partial charge on any atom is -0.392 e. The van der Waals surface area contributed by atoms with Gasteiger partial charge in [-0.25, -0.2) is 0 Å². The van der Waals surface area contributed by atoms with Crippen LogP contribution in [-0.2, 0) is 6.61 Å². The van der Waals surface area contributed by atoms with E-state index in [9.17, 15) is 5.11 Å². The van der Waals surface area contributed by atoms with Gasteiger partial charge in [-0.2, -0.15) is 0 Å². The molecule has 28 heavy (non-hydrogen) atoms. The number of benzene rings is 2. The molecule has 2 aromatic rings. The summed E-state index contributed by atoms with van der Waals surface area (Å²) in [6.07, 6.45) is 17.4. The summed E-state index contributed by atoms with van der Waals surface area (Å²) in [6.45, 7) is 0.0862. The largest absolute Gasteiger partial charge is 0.392 e. The van der Waals surface area contributed by atoms with Gasteiger partial charge in [0.1, 0.15) is 0 Å². The summed E-state index contributed by atoms with van der Waals surface area (Å²) in [5, 5.41) is 9.64. The molecule has 0 radical (unpaired) electrons. The summed E-state index contributed by atoms with van der Waals surface area (Å²) in [4.78, 5) is 0. The van der Waals surface area contributed by atoms with Crippen molar-refractivity contribution in [2.75, 3.05) is 0 Å². The molecule has 0 amide bonds. The normalized spacial score (nSPS) is 21.5. The van der Waals surface area contributed by atoms with Crippen molar-refractivity contribution in [3.63, 3.8) is 0 Å². The summed E-state index contributed by atoms with van der Waals surface area (Å²) in [5.41, 5.74) is 9.04. The maximum absolute atomic E-state index is 9.64. The van der Waals surface area contributed by atoms with Crippen LogP contribution in [0.5, 0.6) is 0 Å². The van der Waals surface area contributed by atoms with Gasteiger partial charge in [-0.15, -0.1) is 0 Å². The van der Waals surface area contributed by atoms with Gasteiger partial charge in [-0.1, -0.05) is 80.0 Å². The second-order valence-corrected chi connectivity index (χ2v) is 8.48. The molecule has 0 bridgehead atoms. The molecule has 1 heteroatoms. The van der Waals surface area contributed by atoms with Crippen LogP contribution in [0.3, 0.4) is 0 Å². The zero-order chi connectivity index (χ0) is 18.9. The van der Waals surface area contributed by atoms with Crippen molar-refractivity contribution < 1.29 is 5.11 Å². The first-order chi connectivity index (χ1) is 13.8. The number of aliphatic hydroxyl groups is 1. The molecule has 1 N–H and O–H groups in total. The number of hydrogen-bond acceptors (Lipinski definition) is 1. The minimum absolute atomic E-state index is 0.0862. The zero-order valence-corrected chi connectivity index (χ0v) is 16.4. The second-order valence-electron chi connectivity index (χ2n) is 8.48. The first kappa shape index (κ1) is 17.7. The number of rotatable bonds is 4. The van der Waals surface area contributed by atoms with E-state index in [0.29, 0.717) is 5.92 Å². The average molecular weight is 369 g/mol. The Bertz CT molecular complexity index is 970. The monoisotopic (exact) mass is 368 g/mol. The molecule has 0 spiro atoms. The van der Waals surface area contributed by atoms with E-state index < -0.39 is 0 Å². The van der Waals surface area contributed by atoms with Gasteiger partial charge in [0.05, 0.1) is 6.61 Å². The molecule has 3 aliphatic rings. The highest BCUT2D eigenvalue weighted by Gasteiger charge is 2.27. The van der Waals surface area contributed by atoms with Crippen molar-refractivity contribution in [2.45, 2.75) is 51.0 Å². The number of fused-ring (bicyclic) bond motifs is 1. The second kappa shape index (κ2) is 7.56. The van der Waals surface area contributed by atoms with Gasteiger partial charge in [-0.3, -0.25) is 0 Å². The highest BCUT2D eigenvalue weighted by Crippen LogP contribution is 2.43. The molecular weight excluding hydrogens is 340 g/mol. The highest BCUT2D eigenvalue weighted by atomic mass is 16.3. The van der Waals surface area contributed by atoms with E-state index in [4.69, 9.17) is 0 Å². The van der Waals surface area contributed by atoms with Gasteiger partial charge in [0.15, 0.2) is 0 Å². The fourth-order valence-corrected chi connectivity index (χ4v) is 5.29. The Morgan fingerprint density at radius 2 is 1.82 bits per heavy atom. The van der Waals surface area contributed by atoms with Crippen LogP contribution in [0.25, 0.3) is 17.2 Å². The molecule has 0 saturated heterocycles. The molecule has 1 atom stereocenters. The molecule has 1 nitrogen and oxygen atoms in total. The van der Waals surface area contributed by atoms with Crippen molar-refractivity contribution in [2.24, 2.45) is 5.92 Å². The highest BCUT2D eigenvalue weighted by molar-refractivity contribution is 5.90. The van der Waals surface area contributed by atoms with E-state index in [1.165, 1.54) is 59.9 Å². The predicted molar refractivity (Wildman–Crippen MR) is 118 cm³/mol. The van der Waals surface area contributed by atoms with Crippen molar-refractivity contribution in [1.29, 1.82) is 0 Å². The third kappa shape index (κ3) is 3.18. The smallest absolute Gasteiger partial charge is 0.0687 e. The van der Waals surface area contributed by atoms with Gasteiger partial charge in [-0.05, 0) is 70.2 Å². The van der Waals surface area contributed by atoms with Crippen molar-refractivity contribution in [3.8, 4) is 0 Å². The Balaban J connectivity index is 1.39. The summed E-state index contributed by atoms with van der Waals surface area (Å²) in [7, 11) is 0. The maximum Gasteiger partial charge on any atom is 0.0687 e. The van der Waals surface area contributed by atoms with Crippen LogP contribution in [0.2, 0.25) is 0 Å². The predicted octanol–water partition coefficient (Wildman–Crippen LogP) is 6.74. The first-order valence-corrected chi connectivity index (χ1v) is 10.8. The van der Waals surface area contributed by atoms with Gasteiger partial charge in [0.25, 0.3) is 0 Å². The third-order valence-electron chi connectivity index (χ3n) is 6.83. The first-order valence-electron chi connectivity index (χ1n) is 10.8. The number of allylic oxidation sites excluding steroid dienone is 5. The van der Waals surface area contributed by atoms with Gasteiger partial charge in [0, 0.05) is 5.92 Å². The molecule has 1 unspecified atom stereocenters. The molecule has 0 aromatic heterocycles.